The Morgan fingerprint density at radius 3 is 2.63 bits per heavy atom. The third-order valence-electron chi connectivity index (χ3n) is 3.62. The van der Waals surface area contributed by atoms with Crippen molar-refractivity contribution in [2.45, 2.75) is 12.8 Å². The van der Waals surface area contributed by atoms with E-state index in [4.69, 9.17) is 34.8 Å². The topological polar surface area (TPSA) is 34.1 Å². The molecule has 0 bridgehead atoms. The summed E-state index contributed by atoms with van der Waals surface area (Å²) < 4.78 is 23.1. The largest absolute Gasteiger partial charge is 0.229 e. The van der Waals surface area contributed by atoms with Crippen molar-refractivity contribution in [3.63, 3.8) is 0 Å². The first kappa shape index (κ1) is 15.4. The summed E-state index contributed by atoms with van der Waals surface area (Å²) in [5, 5.41) is 1.28. The summed E-state index contributed by atoms with van der Waals surface area (Å²) >= 11 is 18.1. The molecule has 2 nitrogen and oxygen atoms in total. The molecule has 0 N–H and O–H groups in total. The zero-order valence-corrected chi connectivity index (χ0v) is 13.4. The minimum Gasteiger partial charge on any atom is -0.229 e. The second-order valence-corrected chi connectivity index (χ2v) is 8.40. The molecule has 0 aliphatic carbocycles. The summed E-state index contributed by atoms with van der Waals surface area (Å²) in [6.07, 6.45) is 1.36. The normalized spacial score (nSPS) is 23.4. The van der Waals surface area contributed by atoms with E-state index in [1.165, 1.54) is 0 Å². The highest BCUT2D eigenvalue weighted by Gasteiger charge is 2.33. The highest BCUT2D eigenvalue weighted by molar-refractivity contribution is 7.91. The van der Waals surface area contributed by atoms with Crippen LogP contribution in [0.4, 0.5) is 0 Å². The van der Waals surface area contributed by atoms with Crippen LogP contribution in [0.2, 0.25) is 10.0 Å². The van der Waals surface area contributed by atoms with Gasteiger partial charge in [0.05, 0.1) is 11.5 Å². The van der Waals surface area contributed by atoms with Crippen LogP contribution in [-0.2, 0) is 16.3 Å². The molecule has 19 heavy (non-hydrogen) atoms. The highest BCUT2D eigenvalue weighted by atomic mass is 35.5. The average molecular weight is 342 g/mol. The van der Waals surface area contributed by atoms with Gasteiger partial charge < -0.3 is 0 Å². The smallest absolute Gasteiger partial charge is 0.150 e. The fourth-order valence-corrected chi connectivity index (χ4v) is 5.20. The Labute approximate surface area is 129 Å². The van der Waals surface area contributed by atoms with E-state index in [1.54, 1.807) is 12.1 Å². The van der Waals surface area contributed by atoms with Crippen LogP contribution in [0.3, 0.4) is 0 Å². The molecular weight excluding hydrogens is 327 g/mol. The summed E-state index contributed by atoms with van der Waals surface area (Å²) in [7, 11) is -2.88. The van der Waals surface area contributed by atoms with Crippen LogP contribution in [-0.4, -0.2) is 25.8 Å². The van der Waals surface area contributed by atoms with Crippen molar-refractivity contribution >= 4 is 44.6 Å². The van der Waals surface area contributed by atoms with Crippen molar-refractivity contribution in [3.8, 4) is 0 Å². The third kappa shape index (κ3) is 4.01. The number of hydrogen-bond acceptors (Lipinski definition) is 2. The molecule has 0 aromatic heterocycles. The molecule has 1 aliphatic heterocycles. The van der Waals surface area contributed by atoms with Gasteiger partial charge in [0.1, 0.15) is 0 Å². The van der Waals surface area contributed by atoms with Gasteiger partial charge in [-0.25, -0.2) is 8.42 Å². The van der Waals surface area contributed by atoms with Gasteiger partial charge >= 0.3 is 0 Å². The van der Waals surface area contributed by atoms with E-state index in [0.29, 0.717) is 28.8 Å². The Hall–Kier alpha value is 0.0400. The van der Waals surface area contributed by atoms with Crippen LogP contribution in [0.25, 0.3) is 0 Å². The predicted molar refractivity (Wildman–Crippen MR) is 81.1 cm³/mol. The summed E-state index contributed by atoms with van der Waals surface area (Å²) in [6, 6.07) is 5.33. The molecule has 2 unspecified atom stereocenters. The molecule has 2 atom stereocenters. The molecule has 1 aliphatic rings. The maximum atomic E-state index is 11.5. The molecule has 1 saturated heterocycles. The van der Waals surface area contributed by atoms with Crippen LogP contribution in [0.15, 0.2) is 18.2 Å². The van der Waals surface area contributed by atoms with Crippen molar-refractivity contribution in [1.82, 2.24) is 0 Å². The monoisotopic (exact) mass is 340 g/mol. The minimum absolute atomic E-state index is 0.120. The molecule has 6 heteroatoms. The van der Waals surface area contributed by atoms with Gasteiger partial charge in [-0.15, -0.1) is 11.6 Å². The molecule has 0 spiro atoms. The van der Waals surface area contributed by atoms with Crippen molar-refractivity contribution in [2.75, 3.05) is 17.4 Å². The Balaban J connectivity index is 2.13. The average Bonchev–Trinajstić information content (AvgIpc) is 2.70. The molecule has 1 fully saturated rings. The lowest BCUT2D eigenvalue weighted by atomic mass is 9.88. The van der Waals surface area contributed by atoms with E-state index >= 15 is 0 Å². The number of alkyl halides is 1. The zero-order valence-electron chi connectivity index (χ0n) is 10.3. The Morgan fingerprint density at radius 2 is 2.05 bits per heavy atom. The lowest BCUT2D eigenvalue weighted by Crippen LogP contribution is -2.20. The zero-order chi connectivity index (χ0) is 14.0. The van der Waals surface area contributed by atoms with Gasteiger partial charge in [-0.3, -0.25) is 0 Å². The van der Waals surface area contributed by atoms with E-state index in [-0.39, 0.29) is 23.3 Å². The van der Waals surface area contributed by atoms with Crippen LogP contribution >= 0.6 is 34.8 Å². The van der Waals surface area contributed by atoms with E-state index in [1.807, 2.05) is 6.07 Å². The first-order valence-corrected chi connectivity index (χ1v) is 9.23. The number of benzene rings is 1. The SMILES string of the molecule is O=S1(=O)CCC(C(CCl)Cc2cc(Cl)ccc2Cl)C1. The van der Waals surface area contributed by atoms with Crippen LogP contribution in [0, 0.1) is 11.8 Å². The quantitative estimate of drug-likeness (QED) is 0.780. The molecule has 106 valence electrons. The van der Waals surface area contributed by atoms with Gasteiger partial charge in [-0.05, 0) is 48.4 Å². The van der Waals surface area contributed by atoms with Gasteiger partial charge in [-0.2, -0.15) is 0 Å². The van der Waals surface area contributed by atoms with Crippen molar-refractivity contribution < 1.29 is 8.42 Å². The number of sulfone groups is 1. The Kier molecular flexibility index (Phi) is 5.04. The number of rotatable bonds is 4. The highest BCUT2D eigenvalue weighted by Crippen LogP contribution is 2.32. The number of hydrogen-bond donors (Lipinski definition) is 0. The second-order valence-electron chi connectivity index (χ2n) is 5.02. The van der Waals surface area contributed by atoms with Gasteiger partial charge in [0.15, 0.2) is 9.84 Å². The van der Waals surface area contributed by atoms with E-state index in [2.05, 4.69) is 0 Å². The second kappa shape index (κ2) is 6.21. The number of halogens is 3. The molecule has 1 aromatic carbocycles. The predicted octanol–water partition coefficient (Wildman–Crippen LogP) is 3.83. The van der Waals surface area contributed by atoms with E-state index in [9.17, 15) is 8.42 Å². The van der Waals surface area contributed by atoms with Crippen molar-refractivity contribution in [2.24, 2.45) is 11.8 Å². The molecular formula is C13H15Cl3O2S. The minimum atomic E-state index is -2.88. The molecule has 1 heterocycles. The van der Waals surface area contributed by atoms with Crippen molar-refractivity contribution in [3.05, 3.63) is 33.8 Å². The summed E-state index contributed by atoms with van der Waals surface area (Å²) in [5.74, 6) is 1.19. The Morgan fingerprint density at radius 1 is 1.32 bits per heavy atom. The fraction of sp³-hybridized carbons (Fsp3) is 0.538. The van der Waals surface area contributed by atoms with Gasteiger partial charge in [0, 0.05) is 15.9 Å². The molecule has 0 radical (unpaired) electrons. The summed E-state index contributed by atoms with van der Waals surface area (Å²) in [6.45, 7) is 0. The molecule has 0 amide bonds. The lowest BCUT2D eigenvalue weighted by molar-refractivity contribution is 0.398. The van der Waals surface area contributed by atoms with E-state index in [0.717, 1.165) is 5.56 Å². The summed E-state index contributed by atoms with van der Waals surface area (Å²) in [4.78, 5) is 0. The first-order valence-electron chi connectivity index (χ1n) is 6.11. The third-order valence-corrected chi connectivity index (χ3v) is 6.42. The van der Waals surface area contributed by atoms with Gasteiger partial charge in [0.2, 0.25) is 0 Å². The van der Waals surface area contributed by atoms with Crippen LogP contribution < -0.4 is 0 Å². The maximum Gasteiger partial charge on any atom is 0.150 e. The molecule has 1 aromatic rings. The standard InChI is InChI=1S/C13H15Cl3O2S/c14-7-11(9-3-4-19(17,18)8-9)5-10-6-12(15)1-2-13(10)16/h1-2,6,9,11H,3-5,7-8H2. The van der Waals surface area contributed by atoms with Crippen LogP contribution in [0.1, 0.15) is 12.0 Å². The van der Waals surface area contributed by atoms with E-state index < -0.39 is 9.84 Å². The van der Waals surface area contributed by atoms with Crippen molar-refractivity contribution in [1.29, 1.82) is 0 Å². The maximum absolute atomic E-state index is 11.5. The molecule has 0 saturated carbocycles. The van der Waals surface area contributed by atoms with Gasteiger partial charge in [-0.1, -0.05) is 23.2 Å². The first-order chi connectivity index (χ1) is 8.91. The van der Waals surface area contributed by atoms with Crippen LogP contribution in [0.5, 0.6) is 0 Å². The molecule has 2 rings (SSSR count). The Bertz CT molecular complexity index is 557. The fourth-order valence-electron chi connectivity index (χ4n) is 2.52. The van der Waals surface area contributed by atoms with Gasteiger partial charge in [0.25, 0.3) is 0 Å². The lowest BCUT2D eigenvalue weighted by Gasteiger charge is -2.20. The summed E-state index contributed by atoms with van der Waals surface area (Å²) in [5.41, 5.74) is 0.934.